The number of benzene rings is 2. The van der Waals surface area contributed by atoms with Gasteiger partial charge in [-0.3, -0.25) is 9.59 Å². The summed E-state index contributed by atoms with van der Waals surface area (Å²) in [6.45, 7) is 2.18. The highest BCUT2D eigenvalue weighted by molar-refractivity contribution is 5.91. The molecular formula is C22H23F3N4O2. The Labute approximate surface area is 177 Å². The van der Waals surface area contributed by atoms with E-state index in [4.69, 9.17) is 0 Å². The molecule has 1 aromatic heterocycles. The Morgan fingerprint density at radius 2 is 1.84 bits per heavy atom. The van der Waals surface area contributed by atoms with Crippen molar-refractivity contribution >= 4 is 28.5 Å². The Bertz CT molecular complexity index is 1080. The lowest BCUT2D eigenvalue weighted by atomic mass is 10.2. The van der Waals surface area contributed by atoms with Gasteiger partial charge in [-0.25, -0.2) is 4.98 Å². The topological polar surface area (TPSA) is 76.0 Å². The quantitative estimate of drug-likeness (QED) is 0.525. The van der Waals surface area contributed by atoms with Crippen LogP contribution in [0.25, 0.3) is 11.0 Å². The van der Waals surface area contributed by atoms with Crippen molar-refractivity contribution in [1.82, 2.24) is 14.9 Å². The van der Waals surface area contributed by atoms with Crippen molar-refractivity contribution in [3.8, 4) is 0 Å². The van der Waals surface area contributed by atoms with Gasteiger partial charge in [0.2, 0.25) is 11.8 Å². The summed E-state index contributed by atoms with van der Waals surface area (Å²) >= 11 is 0. The van der Waals surface area contributed by atoms with Crippen molar-refractivity contribution in [2.75, 3.05) is 11.9 Å². The summed E-state index contributed by atoms with van der Waals surface area (Å²) in [6, 6.07) is 11.9. The van der Waals surface area contributed by atoms with E-state index in [9.17, 15) is 22.8 Å². The third kappa shape index (κ3) is 5.84. The molecule has 1 heterocycles. The van der Waals surface area contributed by atoms with Crippen LogP contribution >= 0.6 is 0 Å². The molecule has 0 atom stereocenters. The van der Waals surface area contributed by atoms with Gasteiger partial charge in [0.1, 0.15) is 12.4 Å². The highest BCUT2D eigenvalue weighted by Gasteiger charge is 2.30. The molecule has 6 nitrogen and oxygen atoms in total. The number of imidazole rings is 1. The molecule has 0 radical (unpaired) electrons. The maximum absolute atomic E-state index is 12.9. The van der Waals surface area contributed by atoms with Gasteiger partial charge >= 0.3 is 6.18 Å². The van der Waals surface area contributed by atoms with E-state index in [-0.39, 0.29) is 18.1 Å². The largest absolute Gasteiger partial charge is 0.416 e. The van der Waals surface area contributed by atoms with Gasteiger partial charge in [-0.15, -0.1) is 0 Å². The molecule has 164 valence electrons. The van der Waals surface area contributed by atoms with Crippen molar-refractivity contribution in [2.24, 2.45) is 0 Å². The summed E-state index contributed by atoms with van der Waals surface area (Å²) in [7, 11) is 0. The van der Waals surface area contributed by atoms with Crippen LogP contribution in [-0.4, -0.2) is 27.9 Å². The number of hydrogen-bond acceptors (Lipinski definition) is 3. The van der Waals surface area contributed by atoms with Crippen LogP contribution in [-0.2, 0) is 28.7 Å². The number of nitrogens with zero attached hydrogens (tertiary/aromatic N) is 2. The molecule has 0 aliphatic carbocycles. The number of anilines is 1. The molecular weight excluding hydrogens is 409 g/mol. The first-order valence-electron chi connectivity index (χ1n) is 9.96. The van der Waals surface area contributed by atoms with Crippen LogP contribution in [0.4, 0.5) is 18.9 Å². The van der Waals surface area contributed by atoms with Crippen molar-refractivity contribution in [2.45, 2.75) is 38.9 Å². The molecule has 3 rings (SSSR count). The number of rotatable bonds is 8. The lowest BCUT2D eigenvalue weighted by Gasteiger charge is -2.12. The average molecular weight is 432 g/mol. The van der Waals surface area contributed by atoms with E-state index < -0.39 is 17.6 Å². The summed E-state index contributed by atoms with van der Waals surface area (Å²) in [5.41, 5.74) is 0.734. The van der Waals surface area contributed by atoms with Gasteiger partial charge in [0.05, 0.1) is 16.6 Å². The Hall–Kier alpha value is -3.36. The smallest absolute Gasteiger partial charge is 0.356 e. The summed E-state index contributed by atoms with van der Waals surface area (Å²) < 4.78 is 40.5. The van der Waals surface area contributed by atoms with E-state index in [1.54, 1.807) is 11.5 Å². The minimum atomic E-state index is -4.48. The fraction of sp³-hybridized carbons (Fsp3) is 0.318. The molecule has 3 aromatic rings. The molecule has 0 aliphatic rings. The van der Waals surface area contributed by atoms with Crippen molar-refractivity contribution in [3.05, 3.63) is 59.9 Å². The van der Waals surface area contributed by atoms with E-state index in [1.165, 1.54) is 12.1 Å². The molecule has 0 saturated carbocycles. The van der Waals surface area contributed by atoms with Crippen LogP contribution in [0.15, 0.2) is 48.5 Å². The second-order valence-corrected chi connectivity index (χ2v) is 7.04. The second-order valence-electron chi connectivity index (χ2n) is 7.04. The first-order chi connectivity index (χ1) is 14.8. The number of alkyl halides is 3. The number of halogens is 3. The second kappa shape index (κ2) is 9.63. The fourth-order valence-electron chi connectivity index (χ4n) is 3.21. The summed E-state index contributed by atoms with van der Waals surface area (Å²) in [4.78, 5) is 28.6. The Balaban J connectivity index is 1.74. The van der Waals surface area contributed by atoms with E-state index in [0.717, 1.165) is 23.2 Å². The van der Waals surface area contributed by atoms with Crippen molar-refractivity contribution in [1.29, 1.82) is 0 Å². The Kier molecular flexibility index (Phi) is 6.94. The van der Waals surface area contributed by atoms with Gasteiger partial charge in [0.15, 0.2) is 0 Å². The fourth-order valence-corrected chi connectivity index (χ4v) is 3.21. The predicted molar refractivity (Wildman–Crippen MR) is 111 cm³/mol. The van der Waals surface area contributed by atoms with Crippen LogP contribution in [0.5, 0.6) is 0 Å². The third-order valence-corrected chi connectivity index (χ3v) is 4.73. The lowest BCUT2D eigenvalue weighted by Crippen LogP contribution is -2.24. The highest BCUT2D eigenvalue weighted by atomic mass is 19.4. The number of carbonyl (C=O) groups is 2. The van der Waals surface area contributed by atoms with Gasteiger partial charge < -0.3 is 15.2 Å². The molecule has 0 bridgehead atoms. The number of aromatic nitrogens is 2. The first kappa shape index (κ1) is 22.3. The molecule has 0 saturated heterocycles. The van der Waals surface area contributed by atoms with Gasteiger partial charge in [0, 0.05) is 25.1 Å². The molecule has 9 heteroatoms. The van der Waals surface area contributed by atoms with Crippen LogP contribution in [0.3, 0.4) is 0 Å². The number of carbonyl (C=O) groups excluding carboxylic acids is 2. The summed E-state index contributed by atoms with van der Waals surface area (Å²) in [6.07, 6.45) is -2.89. The molecule has 2 N–H and O–H groups in total. The lowest BCUT2D eigenvalue weighted by molar-refractivity contribution is -0.137. The first-order valence-corrected chi connectivity index (χ1v) is 9.96. The zero-order chi connectivity index (χ0) is 22.4. The Morgan fingerprint density at radius 3 is 2.58 bits per heavy atom. The average Bonchev–Trinajstić information content (AvgIpc) is 3.08. The van der Waals surface area contributed by atoms with E-state index in [1.807, 2.05) is 24.3 Å². The third-order valence-electron chi connectivity index (χ3n) is 4.73. The molecule has 0 fully saturated rings. The van der Waals surface area contributed by atoms with Gasteiger partial charge in [-0.2, -0.15) is 13.2 Å². The molecule has 0 aliphatic heterocycles. The number of nitrogens with one attached hydrogen (secondary N) is 2. The van der Waals surface area contributed by atoms with Gasteiger partial charge in [-0.1, -0.05) is 25.1 Å². The van der Waals surface area contributed by atoms with Gasteiger partial charge in [0.25, 0.3) is 0 Å². The zero-order valence-electron chi connectivity index (χ0n) is 17.0. The standard InChI is InChI=1S/C22H23F3N4O2/c1-2-20(30)26-12-6-11-19-28-17-9-3-4-10-18(17)29(19)14-21(31)27-16-8-5-7-15(13-16)22(23,24)25/h3-5,7-10,13H,2,6,11-12,14H2,1H3,(H,26,30)(H,27,31). The number of fused-ring (bicyclic) bond motifs is 1. The van der Waals surface area contributed by atoms with Crippen LogP contribution in [0, 0.1) is 0 Å². The highest BCUT2D eigenvalue weighted by Crippen LogP contribution is 2.30. The minimum Gasteiger partial charge on any atom is -0.356 e. The molecule has 0 spiro atoms. The van der Waals surface area contributed by atoms with Crippen molar-refractivity contribution < 1.29 is 22.8 Å². The number of para-hydroxylation sites is 2. The maximum atomic E-state index is 12.9. The van der Waals surface area contributed by atoms with Crippen LogP contribution in [0.1, 0.15) is 31.2 Å². The minimum absolute atomic E-state index is 0.0334. The van der Waals surface area contributed by atoms with E-state index in [2.05, 4.69) is 15.6 Å². The van der Waals surface area contributed by atoms with E-state index in [0.29, 0.717) is 31.6 Å². The normalized spacial score (nSPS) is 11.5. The molecule has 31 heavy (non-hydrogen) atoms. The number of aryl methyl sites for hydroxylation is 1. The molecule has 2 amide bonds. The van der Waals surface area contributed by atoms with Crippen molar-refractivity contribution in [3.63, 3.8) is 0 Å². The van der Waals surface area contributed by atoms with Crippen LogP contribution < -0.4 is 10.6 Å². The monoisotopic (exact) mass is 432 g/mol. The predicted octanol–water partition coefficient (Wildman–Crippen LogP) is 4.15. The van der Waals surface area contributed by atoms with Crippen LogP contribution in [0.2, 0.25) is 0 Å². The number of amides is 2. The SMILES string of the molecule is CCC(=O)NCCCc1nc2ccccc2n1CC(=O)Nc1cccc(C(F)(F)F)c1. The number of hydrogen-bond donors (Lipinski definition) is 2. The van der Waals surface area contributed by atoms with Gasteiger partial charge in [-0.05, 0) is 36.8 Å². The Morgan fingerprint density at radius 1 is 1.06 bits per heavy atom. The van der Waals surface area contributed by atoms with E-state index >= 15 is 0 Å². The maximum Gasteiger partial charge on any atom is 0.416 e. The molecule has 2 aromatic carbocycles. The summed E-state index contributed by atoms with van der Waals surface area (Å²) in [5, 5.41) is 5.33. The molecule has 0 unspecified atom stereocenters. The summed E-state index contributed by atoms with van der Waals surface area (Å²) in [5.74, 6) is 0.183. The zero-order valence-corrected chi connectivity index (χ0v) is 17.0.